The fourth-order valence-corrected chi connectivity index (χ4v) is 1.82. The first-order chi connectivity index (χ1) is 12.6. The molecular weight excluding hydrogens is 320 g/mol. The van der Waals surface area contributed by atoms with E-state index in [1.807, 2.05) is 62.4 Å². The highest BCUT2D eigenvalue weighted by atomic mass is 14.3. The van der Waals surface area contributed by atoms with Crippen LogP contribution in [0.1, 0.15) is 55.0 Å². The lowest BCUT2D eigenvalue weighted by atomic mass is 10.0. The Morgan fingerprint density at radius 3 is 1.54 bits per heavy atom. The van der Waals surface area contributed by atoms with E-state index >= 15 is 0 Å². The van der Waals surface area contributed by atoms with Crippen molar-refractivity contribution >= 4 is 0 Å². The van der Waals surface area contributed by atoms with E-state index in [1.54, 1.807) is 12.1 Å². The lowest BCUT2D eigenvalue weighted by Crippen LogP contribution is -1.86. The third kappa shape index (κ3) is 8.31. The molecule has 2 rings (SSSR count). The second-order valence-corrected chi connectivity index (χ2v) is 5.13. The van der Waals surface area contributed by atoms with Crippen molar-refractivity contribution in [3.05, 3.63) is 70.3 Å². The molecule has 130 valence electrons. The number of nitrogens with zero attached hydrogens (tertiary/aromatic N) is 4. The average molecular weight is 342 g/mol. The van der Waals surface area contributed by atoms with Crippen molar-refractivity contribution < 1.29 is 0 Å². The van der Waals surface area contributed by atoms with E-state index in [-0.39, 0.29) is 0 Å². The number of hydrogen-bond donors (Lipinski definition) is 0. The molecule has 0 spiro atoms. The van der Waals surface area contributed by atoms with Crippen molar-refractivity contribution in [1.29, 1.82) is 21.0 Å². The van der Waals surface area contributed by atoms with Gasteiger partial charge in [0.1, 0.15) is 12.1 Å². The van der Waals surface area contributed by atoms with Gasteiger partial charge in [-0.25, -0.2) is 0 Å². The topological polar surface area (TPSA) is 95.2 Å². The van der Waals surface area contributed by atoms with Gasteiger partial charge in [-0.3, -0.25) is 0 Å². The van der Waals surface area contributed by atoms with Gasteiger partial charge in [0.25, 0.3) is 0 Å². The Hall–Kier alpha value is -3.60. The minimum Gasteiger partial charge on any atom is -0.198 e. The minimum absolute atomic E-state index is 0.453. The van der Waals surface area contributed by atoms with Crippen LogP contribution in [0.5, 0.6) is 0 Å². The first-order valence-electron chi connectivity index (χ1n) is 8.39. The first-order valence-corrected chi connectivity index (χ1v) is 8.39. The van der Waals surface area contributed by atoms with E-state index in [1.165, 1.54) is 5.56 Å². The van der Waals surface area contributed by atoms with E-state index in [4.69, 9.17) is 21.0 Å². The standard InChI is InChI=1S/C10H8N2.C9H9N.C3H5N/c1-2-8-3-4-9(6-11)10(5-8)7-12;1-2-8-3-5-9(7-10)6-4-8;1-2-3-4/h3-5H,2H2,1H3;3-6H,2H2,1H3;2H2,1H3. The largest absolute Gasteiger partial charge is 0.198 e. The number of hydrogen-bond acceptors (Lipinski definition) is 4. The van der Waals surface area contributed by atoms with E-state index in [0.717, 1.165) is 24.0 Å². The molecule has 26 heavy (non-hydrogen) atoms. The van der Waals surface area contributed by atoms with Crippen LogP contribution in [0.2, 0.25) is 0 Å². The van der Waals surface area contributed by atoms with Gasteiger partial charge in [-0.1, -0.05) is 39.0 Å². The van der Waals surface area contributed by atoms with Gasteiger partial charge in [-0.05, 0) is 48.2 Å². The fourth-order valence-electron chi connectivity index (χ4n) is 1.82. The van der Waals surface area contributed by atoms with E-state index < -0.39 is 0 Å². The zero-order valence-corrected chi connectivity index (χ0v) is 15.5. The molecule has 0 aromatic heterocycles. The third-order valence-corrected chi connectivity index (χ3v) is 3.38. The summed E-state index contributed by atoms with van der Waals surface area (Å²) in [5.41, 5.74) is 4.02. The molecule has 0 unspecified atom stereocenters. The second kappa shape index (κ2) is 13.8. The van der Waals surface area contributed by atoms with Crippen LogP contribution in [-0.4, -0.2) is 0 Å². The van der Waals surface area contributed by atoms with Crippen molar-refractivity contribution in [2.75, 3.05) is 0 Å². The molecule has 0 saturated heterocycles. The molecule has 4 nitrogen and oxygen atoms in total. The molecule has 2 aromatic rings. The highest BCUT2D eigenvalue weighted by molar-refractivity contribution is 5.47. The second-order valence-electron chi connectivity index (χ2n) is 5.13. The molecular formula is C22H22N4. The van der Waals surface area contributed by atoms with Crippen molar-refractivity contribution in [3.8, 4) is 24.3 Å². The molecule has 0 aliphatic rings. The Morgan fingerprint density at radius 1 is 0.654 bits per heavy atom. The normalized spacial score (nSPS) is 8.12. The maximum Gasteiger partial charge on any atom is 0.101 e. The van der Waals surface area contributed by atoms with Crippen LogP contribution in [0.25, 0.3) is 0 Å². The molecule has 0 amide bonds. The van der Waals surface area contributed by atoms with Crippen LogP contribution in [-0.2, 0) is 12.8 Å². The first kappa shape index (κ1) is 22.4. The zero-order valence-electron chi connectivity index (χ0n) is 15.5. The van der Waals surface area contributed by atoms with Gasteiger partial charge in [-0.15, -0.1) is 0 Å². The van der Waals surface area contributed by atoms with Crippen LogP contribution in [0.3, 0.4) is 0 Å². The Kier molecular flexibility index (Phi) is 11.9. The van der Waals surface area contributed by atoms with Crippen LogP contribution >= 0.6 is 0 Å². The molecule has 0 aliphatic carbocycles. The summed E-state index contributed by atoms with van der Waals surface area (Å²) < 4.78 is 0. The summed E-state index contributed by atoms with van der Waals surface area (Å²) in [6.07, 6.45) is 2.55. The lowest BCUT2D eigenvalue weighted by molar-refractivity contribution is 1.13. The third-order valence-electron chi connectivity index (χ3n) is 3.38. The quantitative estimate of drug-likeness (QED) is 0.764. The fraction of sp³-hybridized carbons (Fsp3) is 0.273. The molecule has 2 aromatic carbocycles. The summed E-state index contributed by atoms with van der Waals surface area (Å²) in [5.74, 6) is 0. The summed E-state index contributed by atoms with van der Waals surface area (Å²) >= 11 is 0. The van der Waals surface area contributed by atoms with E-state index in [2.05, 4.69) is 13.0 Å². The Bertz CT molecular complexity index is 838. The Morgan fingerprint density at radius 2 is 1.15 bits per heavy atom. The monoisotopic (exact) mass is 342 g/mol. The van der Waals surface area contributed by atoms with Gasteiger partial charge < -0.3 is 0 Å². The van der Waals surface area contributed by atoms with Crippen LogP contribution < -0.4 is 0 Å². The summed E-state index contributed by atoms with van der Waals surface area (Å²) in [5, 5.41) is 33.4. The molecule has 0 aliphatic heterocycles. The summed E-state index contributed by atoms with van der Waals surface area (Å²) in [7, 11) is 0. The maximum atomic E-state index is 8.67. The summed E-state index contributed by atoms with van der Waals surface area (Å²) in [6, 6.07) is 21.0. The van der Waals surface area contributed by atoms with Gasteiger partial charge in [0.2, 0.25) is 0 Å². The highest BCUT2D eigenvalue weighted by Crippen LogP contribution is 2.10. The van der Waals surface area contributed by atoms with E-state index in [9.17, 15) is 0 Å². The van der Waals surface area contributed by atoms with Gasteiger partial charge in [0.05, 0.1) is 28.8 Å². The van der Waals surface area contributed by atoms with Gasteiger partial charge in [-0.2, -0.15) is 21.0 Å². The SMILES string of the molecule is CCC#N.CCc1ccc(C#N)c(C#N)c1.CCc1ccc(C#N)cc1. The molecule has 0 saturated carbocycles. The van der Waals surface area contributed by atoms with Crippen molar-refractivity contribution in [3.63, 3.8) is 0 Å². The molecule has 0 radical (unpaired) electrons. The van der Waals surface area contributed by atoms with Crippen LogP contribution in [0, 0.1) is 45.3 Å². The smallest absolute Gasteiger partial charge is 0.101 e. The molecule has 0 heterocycles. The molecule has 0 N–H and O–H groups in total. The highest BCUT2D eigenvalue weighted by Gasteiger charge is 2.00. The van der Waals surface area contributed by atoms with Crippen LogP contribution in [0.15, 0.2) is 42.5 Å². The Labute approximate surface area is 156 Å². The zero-order chi connectivity index (χ0) is 19.8. The van der Waals surface area contributed by atoms with Crippen molar-refractivity contribution in [1.82, 2.24) is 0 Å². The van der Waals surface area contributed by atoms with Crippen LogP contribution in [0.4, 0.5) is 0 Å². The number of nitriles is 4. The lowest BCUT2D eigenvalue weighted by Gasteiger charge is -1.97. The molecule has 0 atom stereocenters. The maximum absolute atomic E-state index is 8.67. The summed E-state index contributed by atoms with van der Waals surface area (Å²) in [4.78, 5) is 0. The summed E-state index contributed by atoms with van der Waals surface area (Å²) in [6.45, 7) is 5.93. The van der Waals surface area contributed by atoms with Gasteiger partial charge in [0, 0.05) is 6.42 Å². The number of rotatable bonds is 2. The minimum atomic E-state index is 0.453. The Balaban J connectivity index is 0.000000405. The van der Waals surface area contributed by atoms with Crippen molar-refractivity contribution in [2.24, 2.45) is 0 Å². The average Bonchev–Trinajstić information content (AvgIpc) is 2.73. The predicted molar refractivity (Wildman–Crippen MR) is 102 cm³/mol. The number of benzene rings is 2. The van der Waals surface area contributed by atoms with E-state index in [0.29, 0.717) is 17.5 Å². The van der Waals surface area contributed by atoms with Crippen molar-refractivity contribution in [2.45, 2.75) is 40.0 Å². The molecule has 0 fully saturated rings. The van der Waals surface area contributed by atoms with Gasteiger partial charge >= 0.3 is 0 Å². The molecule has 0 bridgehead atoms. The number of aryl methyl sites for hydroxylation is 2. The predicted octanol–water partition coefficient (Wildman–Crippen LogP) is 5.03. The van der Waals surface area contributed by atoms with Gasteiger partial charge in [0.15, 0.2) is 0 Å². The molecule has 4 heteroatoms.